The van der Waals surface area contributed by atoms with E-state index in [-0.39, 0.29) is 10.6 Å². The second-order valence-corrected chi connectivity index (χ2v) is 5.47. The molecule has 0 radical (unpaired) electrons. The summed E-state index contributed by atoms with van der Waals surface area (Å²) in [6.07, 6.45) is 0. The lowest BCUT2D eigenvalue weighted by Crippen LogP contribution is -2.30. The van der Waals surface area contributed by atoms with Gasteiger partial charge < -0.3 is 10.1 Å². The first-order valence-electron chi connectivity index (χ1n) is 4.99. The van der Waals surface area contributed by atoms with Crippen LogP contribution in [0.4, 0.5) is 0 Å². The molecule has 0 saturated heterocycles. The lowest BCUT2D eigenvalue weighted by atomic mass is 10.3. The van der Waals surface area contributed by atoms with Crippen LogP contribution in [0.25, 0.3) is 0 Å². The Kier molecular flexibility index (Phi) is 5.20. The van der Waals surface area contributed by atoms with Crippen LogP contribution in [0.2, 0.25) is 5.02 Å². The van der Waals surface area contributed by atoms with Crippen LogP contribution in [0.1, 0.15) is 0 Å². The van der Waals surface area contributed by atoms with Crippen molar-refractivity contribution < 1.29 is 13.2 Å². The molecule has 7 heteroatoms. The van der Waals surface area contributed by atoms with Gasteiger partial charge in [-0.25, -0.2) is 13.1 Å². The second kappa shape index (κ2) is 6.20. The highest BCUT2D eigenvalue weighted by atomic mass is 35.5. The zero-order chi connectivity index (χ0) is 12.9. The number of likely N-dealkylation sites (N-methyl/N-ethyl adjacent to an activating group) is 1. The Hall–Kier alpha value is -0.820. The zero-order valence-electron chi connectivity index (χ0n) is 9.66. The van der Waals surface area contributed by atoms with Crippen LogP contribution in [0.15, 0.2) is 23.1 Å². The molecule has 0 amide bonds. The fourth-order valence-electron chi connectivity index (χ4n) is 1.25. The lowest BCUT2D eigenvalue weighted by Gasteiger charge is -2.10. The minimum Gasteiger partial charge on any atom is -0.495 e. The van der Waals surface area contributed by atoms with Gasteiger partial charge in [-0.1, -0.05) is 11.6 Å². The topological polar surface area (TPSA) is 67.4 Å². The summed E-state index contributed by atoms with van der Waals surface area (Å²) >= 11 is 5.77. The Morgan fingerprint density at radius 2 is 2.06 bits per heavy atom. The maximum Gasteiger partial charge on any atom is 0.244 e. The number of nitrogens with one attached hydrogen (secondary N) is 2. The maximum atomic E-state index is 11.9. The van der Waals surface area contributed by atoms with Crippen LogP contribution in [-0.4, -0.2) is 35.7 Å². The van der Waals surface area contributed by atoms with Crippen molar-refractivity contribution in [3.63, 3.8) is 0 Å². The molecule has 17 heavy (non-hydrogen) atoms. The standard InChI is InChI=1S/C10H15ClN2O3S/c1-12-5-6-13-17(14,15)10-4-3-8(11)7-9(10)16-2/h3-4,7,12-13H,5-6H2,1-2H3. The van der Waals surface area contributed by atoms with E-state index < -0.39 is 10.0 Å². The molecule has 0 heterocycles. The van der Waals surface area contributed by atoms with Crippen molar-refractivity contribution in [1.29, 1.82) is 0 Å². The Balaban J connectivity index is 2.98. The first-order chi connectivity index (χ1) is 8.01. The number of methoxy groups -OCH3 is 1. The van der Waals surface area contributed by atoms with Crippen molar-refractivity contribution in [3.8, 4) is 5.75 Å². The summed E-state index contributed by atoms with van der Waals surface area (Å²) in [6, 6.07) is 4.40. The molecule has 2 N–H and O–H groups in total. The second-order valence-electron chi connectivity index (χ2n) is 3.30. The van der Waals surface area contributed by atoms with Crippen LogP contribution in [0, 0.1) is 0 Å². The van der Waals surface area contributed by atoms with Gasteiger partial charge in [-0.05, 0) is 19.2 Å². The van der Waals surface area contributed by atoms with E-state index >= 15 is 0 Å². The van der Waals surface area contributed by atoms with Gasteiger partial charge in [0, 0.05) is 24.2 Å². The minimum atomic E-state index is -3.57. The monoisotopic (exact) mass is 278 g/mol. The van der Waals surface area contributed by atoms with Crippen LogP contribution >= 0.6 is 11.6 Å². The summed E-state index contributed by atoms with van der Waals surface area (Å²) in [5.74, 6) is 0.231. The SMILES string of the molecule is CNCCNS(=O)(=O)c1ccc(Cl)cc1OC. The van der Waals surface area contributed by atoms with Crippen molar-refractivity contribution in [1.82, 2.24) is 10.0 Å². The number of hydrogen-bond donors (Lipinski definition) is 2. The van der Waals surface area contributed by atoms with E-state index in [0.29, 0.717) is 18.1 Å². The van der Waals surface area contributed by atoms with Crippen molar-refractivity contribution in [3.05, 3.63) is 23.2 Å². The molecule has 0 atom stereocenters. The number of benzene rings is 1. The molecule has 0 bridgehead atoms. The third-order valence-corrected chi connectivity index (χ3v) is 3.82. The largest absolute Gasteiger partial charge is 0.495 e. The minimum absolute atomic E-state index is 0.0838. The summed E-state index contributed by atoms with van der Waals surface area (Å²) in [6.45, 7) is 0.861. The van der Waals surface area contributed by atoms with Crippen molar-refractivity contribution in [2.75, 3.05) is 27.2 Å². The van der Waals surface area contributed by atoms with Crippen molar-refractivity contribution in [2.45, 2.75) is 4.90 Å². The summed E-state index contributed by atoms with van der Waals surface area (Å²) in [7, 11) is -0.417. The summed E-state index contributed by atoms with van der Waals surface area (Å²) in [5, 5.41) is 3.28. The van der Waals surface area contributed by atoms with Gasteiger partial charge in [-0.3, -0.25) is 0 Å². The third-order valence-electron chi connectivity index (χ3n) is 2.08. The van der Waals surface area contributed by atoms with Gasteiger partial charge in [0.05, 0.1) is 7.11 Å². The summed E-state index contributed by atoms with van der Waals surface area (Å²) in [5.41, 5.74) is 0. The quantitative estimate of drug-likeness (QED) is 0.757. The van der Waals surface area contributed by atoms with Gasteiger partial charge in [0.15, 0.2) is 0 Å². The van der Waals surface area contributed by atoms with Crippen LogP contribution in [-0.2, 0) is 10.0 Å². The fourth-order valence-corrected chi connectivity index (χ4v) is 2.59. The Labute approximate surface area is 106 Å². The predicted molar refractivity (Wildman–Crippen MR) is 67.1 cm³/mol. The smallest absolute Gasteiger partial charge is 0.244 e. The molecule has 0 aliphatic rings. The molecule has 0 aromatic heterocycles. The van der Waals surface area contributed by atoms with E-state index in [2.05, 4.69) is 10.0 Å². The van der Waals surface area contributed by atoms with E-state index in [1.807, 2.05) is 0 Å². The molecule has 1 aromatic rings. The van der Waals surface area contributed by atoms with Gasteiger partial charge in [-0.2, -0.15) is 0 Å². The number of rotatable bonds is 6. The molecular weight excluding hydrogens is 264 g/mol. The number of hydrogen-bond acceptors (Lipinski definition) is 4. The van der Waals surface area contributed by atoms with E-state index in [1.54, 1.807) is 7.05 Å². The van der Waals surface area contributed by atoms with E-state index in [1.165, 1.54) is 25.3 Å². The number of ether oxygens (including phenoxy) is 1. The highest BCUT2D eigenvalue weighted by molar-refractivity contribution is 7.89. The van der Waals surface area contributed by atoms with Gasteiger partial charge in [0.2, 0.25) is 10.0 Å². The fraction of sp³-hybridized carbons (Fsp3) is 0.400. The lowest BCUT2D eigenvalue weighted by molar-refractivity contribution is 0.402. The first kappa shape index (κ1) is 14.2. The van der Waals surface area contributed by atoms with Gasteiger partial charge in [0.1, 0.15) is 10.6 Å². The van der Waals surface area contributed by atoms with Gasteiger partial charge in [-0.15, -0.1) is 0 Å². The highest BCUT2D eigenvalue weighted by Gasteiger charge is 2.18. The summed E-state index contributed by atoms with van der Waals surface area (Å²) < 4.78 is 31.3. The molecule has 0 saturated carbocycles. The Morgan fingerprint density at radius 1 is 1.35 bits per heavy atom. The predicted octanol–water partition coefficient (Wildman–Crippen LogP) is 0.846. The van der Waals surface area contributed by atoms with E-state index in [0.717, 1.165) is 0 Å². The van der Waals surface area contributed by atoms with E-state index in [9.17, 15) is 8.42 Å². The normalized spacial score (nSPS) is 11.5. The molecular formula is C10H15ClN2O3S. The first-order valence-corrected chi connectivity index (χ1v) is 6.85. The highest BCUT2D eigenvalue weighted by Crippen LogP contribution is 2.26. The third kappa shape index (κ3) is 3.85. The Bertz CT molecular complexity index is 476. The number of sulfonamides is 1. The average Bonchev–Trinajstić information content (AvgIpc) is 2.28. The van der Waals surface area contributed by atoms with Crippen molar-refractivity contribution in [2.24, 2.45) is 0 Å². The molecule has 0 fully saturated rings. The Morgan fingerprint density at radius 3 is 2.65 bits per heavy atom. The molecule has 1 aromatic carbocycles. The maximum absolute atomic E-state index is 11.9. The molecule has 0 aliphatic heterocycles. The summed E-state index contributed by atoms with van der Waals surface area (Å²) in [4.78, 5) is 0.0838. The zero-order valence-corrected chi connectivity index (χ0v) is 11.2. The van der Waals surface area contributed by atoms with Gasteiger partial charge >= 0.3 is 0 Å². The molecule has 5 nitrogen and oxygen atoms in total. The molecule has 0 spiro atoms. The molecule has 1 rings (SSSR count). The van der Waals surface area contributed by atoms with Crippen LogP contribution < -0.4 is 14.8 Å². The van der Waals surface area contributed by atoms with Crippen LogP contribution in [0.3, 0.4) is 0 Å². The van der Waals surface area contributed by atoms with Crippen LogP contribution in [0.5, 0.6) is 5.75 Å². The van der Waals surface area contributed by atoms with Crippen molar-refractivity contribution >= 4 is 21.6 Å². The number of halogens is 1. The molecule has 96 valence electrons. The average molecular weight is 279 g/mol. The van der Waals surface area contributed by atoms with Gasteiger partial charge in [0.25, 0.3) is 0 Å². The van der Waals surface area contributed by atoms with E-state index in [4.69, 9.17) is 16.3 Å². The molecule has 0 unspecified atom stereocenters. The molecule has 0 aliphatic carbocycles.